The first-order valence-corrected chi connectivity index (χ1v) is 11.3. The zero-order valence-corrected chi connectivity index (χ0v) is 18.4. The topological polar surface area (TPSA) is 45.6 Å². The van der Waals surface area contributed by atoms with Crippen LogP contribution in [-0.2, 0) is 19.6 Å². The number of aliphatic hydroxyl groups is 1. The van der Waals surface area contributed by atoms with Crippen molar-refractivity contribution in [3.05, 3.63) is 95.6 Å². The molecule has 3 aromatic rings. The second-order valence-electron chi connectivity index (χ2n) is 8.75. The molecule has 0 spiro atoms. The van der Waals surface area contributed by atoms with Gasteiger partial charge in [-0.15, -0.1) is 0 Å². The molecule has 1 aliphatic rings. The van der Waals surface area contributed by atoms with Crippen LogP contribution in [0.4, 0.5) is 4.39 Å². The van der Waals surface area contributed by atoms with Crippen LogP contribution in [0.15, 0.2) is 72.9 Å². The van der Waals surface area contributed by atoms with E-state index in [2.05, 4.69) is 34.1 Å². The highest BCUT2D eigenvalue weighted by molar-refractivity contribution is 5.24. The molecule has 4 nitrogen and oxygen atoms in total. The molecule has 1 aromatic heterocycles. The molecular formula is C27H31FN2O2. The van der Waals surface area contributed by atoms with Gasteiger partial charge >= 0.3 is 0 Å². The van der Waals surface area contributed by atoms with Crippen LogP contribution in [0.1, 0.15) is 36.1 Å². The molecule has 0 unspecified atom stereocenters. The van der Waals surface area contributed by atoms with Crippen LogP contribution in [0.25, 0.3) is 0 Å². The Kier molecular flexibility index (Phi) is 7.51. The number of rotatable bonds is 9. The molecule has 168 valence electrons. The highest BCUT2D eigenvalue weighted by Crippen LogP contribution is 2.38. The van der Waals surface area contributed by atoms with E-state index < -0.39 is 0 Å². The summed E-state index contributed by atoms with van der Waals surface area (Å²) in [5.41, 5.74) is 3.15. The Labute approximate surface area is 189 Å². The van der Waals surface area contributed by atoms with Crippen LogP contribution in [0.5, 0.6) is 5.75 Å². The molecule has 32 heavy (non-hydrogen) atoms. The number of nitrogens with zero attached hydrogens (tertiary/aromatic N) is 2. The molecule has 5 heteroatoms. The fourth-order valence-corrected chi connectivity index (χ4v) is 4.50. The van der Waals surface area contributed by atoms with Crippen molar-refractivity contribution in [2.24, 2.45) is 5.41 Å². The van der Waals surface area contributed by atoms with Crippen LogP contribution < -0.4 is 4.74 Å². The Hall–Kier alpha value is -2.76. The lowest BCUT2D eigenvalue weighted by atomic mass is 9.74. The van der Waals surface area contributed by atoms with Crippen molar-refractivity contribution in [2.75, 3.05) is 19.7 Å². The van der Waals surface area contributed by atoms with Crippen molar-refractivity contribution in [3.63, 3.8) is 0 Å². The normalized spacial score (nSPS) is 16.1. The predicted molar refractivity (Wildman–Crippen MR) is 124 cm³/mol. The van der Waals surface area contributed by atoms with E-state index in [0.29, 0.717) is 12.4 Å². The maximum absolute atomic E-state index is 14.1. The van der Waals surface area contributed by atoms with Crippen LogP contribution in [-0.4, -0.2) is 34.7 Å². The number of halogens is 1. The summed E-state index contributed by atoms with van der Waals surface area (Å²) in [6.07, 6.45) is 5.69. The van der Waals surface area contributed by atoms with Gasteiger partial charge < -0.3 is 9.84 Å². The van der Waals surface area contributed by atoms with Gasteiger partial charge in [0.2, 0.25) is 0 Å². The van der Waals surface area contributed by atoms with Gasteiger partial charge in [-0.05, 0) is 68.1 Å². The fraction of sp³-hybridized carbons (Fsp3) is 0.370. The molecular weight excluding hydrogens is 403 g/mol. The van der Waals surface area contributed by atoms with E-state index >= 15 is 0 Å². The number of aromatic nitrogens is 1. The van der Waals surface area contributed by atoms with Crippen molar-refractivity contribution in [2.45, 2.75) is 38.8 Å². The minimum Gasteiger partial charge on any atom is -0.490 e. The molecule has 0 aliphatic carbocycles. The number of benzene rings is 2. The Morgan fingerprint density at radius 3 is 2.47 bits per heavy atom. The zero-order valence-electron chi connectivity index (χ0n) is 18.4. The van der Waals surface area contributed by atoms with Gasteiger partial charge in [0.25, 0.3) is 0 Å². The molecule has 0 atom stereocenters. The van der Waals surface area contributed by atoms with Crippen LogP contribution in [0, 0.1) is 11.2 Å². The number of piperidine rings is 1. The lowest BCUT2D eigenvalue weighted by molar-refractivity contribution is 0.0427. The summed E-state index contributed by atoms with van der Waals surface area (Å²) in [5, 5.41) is 9.58. The molecule has 0 bridgehead atoms. The molecule has 0 amide bonds. The number of aryl methyl sites for hydroxylation is 1. The summed E-state index contributed by atoms with van der Waals surface area (Å²) in [4.78, 5) is 6.71. The minimum absolute atomic E-state index is 0.00334. The van der Waals surface area contributed by atoms with Gasteiger partial charge in [-0.3, -0.25) is 9.88 Å². The molecule has 1 saturated heterocycles. The molecule has 1 fully saturated rings. The van der Waals surface area contributed by atoms with Gasteiger partial charge in [-0.2, -0.15) is 0 Å². The van der Waals surface area contributed by atoms with Gasteiger partial charge in [-0.25, -0.2) is 4.39 Å². The maximum atomic E-state index is 14.1. The number of para-hydroxylation sites is 1. The van der Waals surface area contributed by atoms with Crippen molar-refractivity contribution in [1.82, 2.24) is 9.88 Å². The number of likely N-dealkylation sites (tertiary alicyclic amines) is 1. The summed E-state index contributed by atoms with van der Waals surface area (Å²) in [6.45, 7) is 3.14. The van der Waals surface area contributed by atoms with E-state index in [1.807, 2.05) is 24.3 Å². The number of aliphatic hydroxyl groups excluding tert-OH is 1. The number of pyridine rings is 1. The van der Waals surface area contributed by atoms with Crippen LogP contribution >= 0.6 is 0 Å². The smallest absolute Gasteiger partial charge is 0.165 e. The summed E-state index contributed by atoms with van der Waals surface area (Å²) in [7, 11) is 0. The fourth-order valence-electron chi connectivity index (χ4n) is 4.50. The van der Waals surface area contributed by atoms with Gasteiger partial charge in [0.1, 0.15) is 0 Å². The third-order valence-electron chi connectivity index (χ3n) is 6.60. The number of hydrogen-bond donors (Lipinski definition) is 1. The lowest BCUT2D eigenvalue weighted by Crippen LogP contribution is -2.43. The van der Waals surface area contributed by atoms with Crippen molar-refractivity contribution < 1.29 is 14.2 Å². The monoisotopic (exact) mass is 434 g/mol. The lowest BCUT2D eigenvalue weighted by Gasteiger charge is -2.42. The third kappa shape index (κ3) is 5.72. The second-order valence-corrected chi connectivity index (χ2v) is 8.75. The zero-order chi connectivity index (χ0) is 22.2. The van der Waals surface area contributed by atoms with Gasteiger partial charge in [-0.1, -0.05) is 48.5 Å². The Morgan fingerprint density at radius 2 is 1.72 bits per heavy atom. The third-order valence-corrected chi connectivity index (χ3v) is 6.60. The molecule has 1 N–H and O–H groups in total. The van der Waals surface area contributed by atoms with Gasteiger partial charge in [0.15, 0.2) is 11.6 Å². The summed E-state index contributed by atoms with van der Waals surface area (Å²) >= 11 is 0. The Balaban J connectivity index is 1.43. The van der Waals surface area contributed by atoms with Crippen molar-refractivity contribution in [1.29, 1.82) is 0 Å². The van der Waals surface area contributed by atoms with Crippen molar-refractivity contribution >= 4 is 0 Å². The standard InChI is InChI=1S/C27H31FN2O2/c28-24-10-4-5-11-26(24)32-21-27(13-12-22-7-2-1-3-8-22)14-17-30(18-15-27)19-23-9-6-16-29-25(23)20-31/h1-11,16,31H,12-15,17-21H2. The summed E-state index contributed by atoms with van der Waals surface area (Å²) in [5.74, 6) is 0.0215. The predicted octanol–water partition coefficient (Wildman–Crippen LogP) is 5.01. The average molecular weight is 435 g/mol. The molecule has 1 aliphatic heterocycles. The minimum atomic E-state index is -0.309. The summed E-state index contributed by atoms with van der Waals surface area (Å²) < 4.78 is 20.2. The Bertz CT molecular complexity index is 988. The van der Waals surface area contributed by atoms with Gasteiger partial charge in [0, 0.05) is 18.2 Å². The van der Waals surface area contributed by atoms with E-state index in [1.54, 1.807) is 18.3 Å². The Morgan fingerprint density at radius 1 is 0.969 bits per heavy atom. The average Bonchev–Trinajstić information content (AvgIpc) is 2.85. The van der Waals surface area contributed by atoms with E-state index in [4.69, 9.17) is 4.74 Å². The largest absolute Gasteiger partial charge is 0.490 e. The van der Waals surface area contributed by atoms with Crippen LogP contribution in [0.3, 0.4) is 0 Å². The first-order chi connectivity index (χ1) is 15.7. The molecule has 2 heterocycles. The first kappa shape index (κ1) is 22.4. The number of ether oxygens (including phenoxy) is 1. The number of hydrogen-bond acceptors (Lipinski definition) is 4. The second kappa shape index (κ2) is 10.7. The van der Waals surface area contributed by atoms with Gasteiger partial charge in [0.05, 0.1) is 18.9 Å². The highest BCUT2D eigenvalue weighted by Gasteiger charge is 2.35. The first-order valence-electron chi connectivity index (χ1n) is 11.3. The SMILES string of the molecule is OCc1ncccc1CN1CCC(CCc2ccccc2)(COc2ccccc2F)CC1. The highest BCUT2D eigenvalue weighted by atomic mass is 19.1. The maximum Gasteiger partial charge on any atom is 0.165 e. The quantitative estimate of drug-likeness (QED) is 0.514. The molecule has 0 radical (unpaired) electrons. The van der Waals surface area contributed by atoms with E-state index in [9.17, 15) is 9.50 Å². The molecule has 2 aromatic carbocycles. The van der Waals surface area contributed by atoms with Crippen molar-refractivity contribution in [3.8, 4) is 5.75 Å². The van der Waals surface area contributed by atoms with Crippen LogP contribution in [0.2, 0.25) is 0 Å². The summed E-state index contributed by atoms with van der Waals surface area (Å²) in [6, 6.07) is 21.1. The van der Waals surface area contributed by atoms with E-state index in [1.165, 1.54) is 11.6 Å². The molecule has 0 saturated carbocycles. The molecule has 4 rings (SSSR count). The van der Waals surface area contributed by atoms with E-state index in [-0.39, 0.29) is 17.8 Å². The van der Waals surface area contributed by atoms with E-state index in [0.717, 1.165) is 56.6 Å².